The number of aryl methyl sites for hydroxylation is 1. The van der Waals surface area contributed by atoms with Crippen molar-refractivity contribution in [2.75, 3.05) is 19.0 Å². The molecule has 1 rings (SSSR count). The lowest BCUT2D eigenvalue weighted by molar-refractivity contribution is -0.116. The van der Waals surface area contributed by atoms with Crippen LogP contribution < -0.4 is 15.8 Å². The Morgan fingerprint density at radius 3 is 2.75 bits per heavy atom. The molecular weight excluding hydrogens is 320 g/mol. The van der Waals surface area contributed by atoms with Crippen LogP contribution in [0.4, 0.5) is 5.69 Å². The van der Waals surface area contributed by atoms with Crippen LogP contribution in [0.25, 0.3) is 0 Å². The number of carbonyl (C=O) groups is 1. The third kappa shape index (κ3) is 5.13. The topological polar surface area (TPSA) is 64.3 Å². The van der Waals surface area contributed by atoms with Crippen molar-refractivity contribution in [3.05, 3.63) is 22.2 Å². The molecule has 0 saturated carbocycles. The Labute approximate surface area is 129 Å². The molecule has 0 aromatic heterocycles. The molecule has 0 heterocycles. The van der Waals surface area contributed by atoms with Crippen LogP contribution in [0.2, 0.25) is 0 Å². The first kappa shape index (κ1) is 17.0. The number of carbonyl (C=O) groups excluding carboxylic acids is 1. The fraction of sp³-hybridized carbons (Fsp3) is 0.533. The fourth-order valence-electron chi connectivity index (χ4n) is 2.04. The van der Waals surface area contributed by atoms with Crippen molar-refractivity contribution in [3.8, 4) is 5.75 Å². The molecule has 1 unspecified atom stereocenters. The van der Waals surface area contributed by atoms with Crippen molar-refractivity contribution in [1.82, 2.24) is 0 Å². The van der Waals surface area contributed by atoms with Crippen LogP contribution >= 0.6 is 15.9 Å². The van der Waals surface area contributed by atoms with Crippen molar-refractivity contribution in [2.24, 2.45) is 11.7 Å². The van der Waals surface area contributed by atoms with Crippen LogP contribution in [0, 0.1) is 12.8 Å². The van der Waals surface area contributed by atoms with Crippen molar-refractivity contribution < 1.29 is 9.53 Å². The van der Waals surface area contributed by atoms with Gasteiger partial charge in [0, 0.05) is 10.9 Å². The molecule has 1 aromatic carbocycles. The minimum Gasteiger partial charge on any atom is -0.495 e. The SMILES string of the molecule is COc1cc(Br)cc(C)c1NC(=O)CCC(C)CCN. The predicted octanol–water partition coefficient (Wildman–Crippen LogP) is 3.47. The predicted molar refractivity (Wildman–Crippen MR) is 86.1 cm³/mol. The first-order valence-electron chi connectivity index (χ1n) is 6.82. The maximum Gasteiger partial charge on any atom is 0.224 e. The van der Waals surface area contributed by atoms with Gasteiger partial charge in [0.2, 0.25) is 5.91 Å². The highest BCUT2D eigenvalue weighted by atomic mass is 79.9. The molecular formula is C15H23BrN2O2. The summed E-state index contributed by atoms with van der Waals surface area (Å²) in [6, 6.07) is 3.80. The van der Waals surface area contributed by atoms with Gasteiger partial charge in [-0.25, -0.2) is 0 Å². The Morgan fingerprint density at radius 1 is 1.45 bits per heavy atom. The standard InChI is InChI=1S/C15H23BrN2O2/c1-10(6-7-17)4-5-14(19)18-15-11(2)8-12(16)9-13(15)20-3/h8-10H,4-7,17H2,1-3H3,(H,18,19). The molecule has 0 saturated heterocycles. The number of amides is 1. The van der Waals surface area contributed by atoms with Crippen LogP contribution in [0.1, 0.15) is 31.7 Å². The molecule has 1 aromatic rings. The summed E-state index contributed by atoms with van der Waals surface area (Å²) in [5, 5.41) is 2.94. The number of hydrogen-bond donors (Lipinski definition) is 2. The van der Waals surface area contributed by atoms with Crippen LogP contribution in [0.5, 0.6) is 5.75 Å². The van der Waals surface area contributed by atoms with Gasteiger partial charge in [-0.3, -0.25) is 4.79 Å². The van der Waals surface area contributed by atoms with Crippen molar-refractivity contribution in [3.63, 3.8) is 0 Å². The lowest BCUT2D eigenvalue weighted by Crippen LogP contribution is -2.15. The molecule has 3 N–H and O–H groups in total. The van der Waals surface area contributed by atoms with E-state index in [1.54, 1.807) is 7.11 Å². The number of anilines is 1. The van der Waals surface area contributed by atoms with Crippen LogP contribution in [0.3, 0.4) is 0 Å². The van der Waals surface area contributed by atoms with Crippen LogP contribution in [0.15, 0.2) is 16.6 Å². The van der Waals surface area contributed by atoms with Gasteiger partial charge in [0.05, 0.1) is 12.8 Å². The average molecular weight is 343 g/mol. The summed E-state index contributed by atoms with van der Waals surface area (Å²) in [7, 11) is 1.60. The smallest absolute Gasteiger partial charge is 0.224 e. The van der Waals surface area contributed by atoms with E-state index in [0.29, 0.717) is 24.6 Å². The van der Waals surface area contributed by atoms with Crippen molar-refractivity contribution in [1.29, 1.82) is 0 Å². The number of rotatable bonds is 7. The number of ether oxygens (including phenoxy) is 1. The molecule has 0 radical (unpaired) electrons. The molecule has 20 heavy (non-hydrogen) atoms. The highest BCUT2D eigenvalue weighted by Crippen LogP contribution is 2.32. The Bertz CT molecular complexity index is 463. The number of halogens is 1. The van der Waals surface area contributed by atoms with Crippen LogP contribution in [-0.2, 0) is 4.79 Å². The van der Waals surface area contributed by atoms with Gasteiger partial charge in [-0.05, 0) is 49.9 Å². The molecule has 5 heteroatoms. The van der Waals surface area contributed by atoms with E-state index in [9.17, 15) is 4.79 Å². The summed E-state index contributed by atoms with van der Waals surface area (Å²) in [5.74, 6) is 1.15. The van der Waals surface area contributed by atoms with E-state index in [4.69, 9.17) is 10.5 Å². The van der Waals surface area contributed by atoms with E-state index in [1.165, 1.54) is 0 Å². The van der Waals surface area contributed by atoms with Crippen molar-refractivity contribution in [2.45, 2.75) is 33.1 Å². The average Bonchev–Trinajstić information content (AvgIpc) is 2.39. The summed E-state index contributed by atoms with van der Waals surface area (Å²) in [6.45, 7) is 4.73. The molecule has 1 amide bonds. The fourth-order valence-corrected chi connectivity index (χ4v) is 2.59. The molecule has 0 spiro atoms. The number of benzene rings is 1. The summed E-state index contributed by atoms with van der Waals surface area (Å²) in [4.78, 5) is 12.0. The lowest BCUT2D eigenvalue weighted by Gasteiger charge is -2.14. The molecule has 112 valence electrons. The number of nitrogens with two attached hydrogens (primary N) is 1. The second-order valence-electron chi connectivity index (χ2n) is 5.07. The van der Waals surface area contributed by atoms with E-state index < -0.39 is 0 Å². The first-order valence-corrected chi connectivity index (χ1v) is 7.61. The normalized spacial score (nSPS) is 12.1. The zero-order chi connectivity index (χ0) is 15.1. The Morgan fingerprint density at radius 2 is 2.15 bits per heavy atom. The molecule has 0 aliphatic heterocycles. The zero-order valence-electron chi connectivity index (χ0n) is 12.3. The molecule has 0 bridgehead atoms. The van der Waals surface area contributed by atoms with E-state index in [2.05, 4.69) is 28.2 Å². The minimum absolute atomic E-state index is 0.0117. The summed E-state index contributed by atoms with van der Waals surface area (Å²) in [6.07, 6.45) is 2.30. The van der Waals surface area contributed by atoms with Gasteiger partial charge in [-0.15, -0.1) is 0 Å². The molecule has 0 aliphatic carbocycles. The van der Waals surface area contributed by atoms with Gasteiger partial charge in [-0.1, -0.05) is 22.9 Å². The third-order valence-electron chi connectivity index (χ3n) is 3.27. The highest BCUT2D eigenvalue weighted by molar-refractivity contribution is 9.10. The largest absolute Gasteiger partial charge is 0.495 e. The highest BCUT2D eigenvalue weighted by Gasteiger charge is 2.12. The monoisotopic (exact) mass is 342 g/mol. The summed E-state index contributed by atoms with van der Waals surface area (Å²) >= 11 is 3.42. The third-order valence-corrected chi connectivity index (χ3v) is 3.73. The van der Waals surface area contributed by atoms with Crippen LogP contribution in [-0.4, -0.2) is 19.6 Å². The second-order valence-corrected chi connectivity index (χ2v) is 5.98. The van der Waals surface area contributed by atoms with E-state index in [0.717, 1.165) is 28.6 Å². The van der Waals surface area contributed by atoms with Gasteiger partial charge in [0.25, 0.3) is 0 Å². The maximum atomic E-state index is 12.0. The zero-order valence-corrected chi connectivity index (χ0v) is 13.9. The summed E-state index contributed by atoms with van der Waals surface area (Å²) < 4.78 is 6.24. The van der Waals surface area contributed by atoms with E-state index >= 15 is 0 Å². The Hall–Kier alpha value is -1.07. The molecule has 4 nitrogen and oxygen atoms in total. The number of nitrogens with one attached hydrogen (secondary N) is 1. The maximum absolute atomic E-state index is 12.0. The Balaban J connectivity index is 2.66. The summed E-state index contributed by atoms with van der Waals surface area (Å²) in [5.41, 5.74) is 7.22. The van der Waals surface area contributed by atoms with Gasteiger partial charge in [0.15, 0.2) is 0 Å². The molecule has 1 atom stereocenters. The quantitative estimate of drug-likeness (QED) is 0.797. The minimum atomic E-state index is 0.0117. The molecule has 0 aliphatic rings. The van der Waals surface area contributed by atoms with Gasteiger partial charge < -0.3 is 15.8 Å². The van der Waals surface area contributed by atoms with E-state index in [-0.39, 0.29) is 5.91 Å². The molecule has 0 fully saturated rings. The van der Waals surface area contributed by atoms with Gasteiger partial charge >= 0.3 is 0 Å². The first-order chi connectivity index (χ1) is 9.47. The Kier molecular flexibility index (Phi) is 7.02. The second kappa shape index (κ2) is 8.27. The van der Waals surface area contributed by atoms with Gasteiger partial charge in [-0.2, -0.15) is 0 Å². The van der Waals surface area contributed by atoms with Gasteiger partial charge in [0.1, 0.15) is 5.75 Å². The number of hydrogen-bond acceptors (Lipinski definition) is 3. The number of methoxy groups -OCH3 is 1. The lowest BCUT2D eigenvalue weighted by atomic mass is 10.0. The van der Waals surface area contributed by atoms with E-state index in [1.807, 2.05) is 19.1 Å². The van der Waals surface area contributed by atoms with Crippen molar-refractivity contribution >= 4 is 27.5 Å².